The molecule has 2 N–H and O–H groups in total. The molecule has 1 saturated heterocycles. The molecule has 1 fully saturated rings. The van der Waals surface area contributed by atoms with Gasteiger partial charge in [-0.25, -0.2) is 0 Å². The van der Waals surface area contributed by atoms with Crippen molar-refractivity contribution in [3.05, 3.63) is 48.5 Å². The van der Waals surface area contributed by atoms with Crippen molar-refractivity contribution in [2.24, 2.45) is 11.8 Å². The molecule has 0 saturated carbocycles. The third-order valence-electron chi connectivity index (χ3n) is 4.48. The van der Waals surface area contributed by atoms with E-state index in [0.717, 1.165) is 35.7 Å². The molecule has 0 radical (unpaired) electrons. The number of ether oxygens (including phenoxy) is 1. The van der Waals surface area contributed by atoms with Gasteiger partial charge in [-0.1, -0.05) is 37.3 Å². The molecular formula is C19H22N2O2. The summed E-state index contributed by atoms with van der Waals surface area (Å²) < 4.78 is 5.42. The molecule has 2 aromatic rings. The van der Waals surface area contributed by atoms with Crippen LogP contribution in [0.15, 0.2) is 48.5 Å². The third kappa shape index (κ3) is 3.37. The Morgan fingerprint density at radius 2 is 2.00 bits per heavy atom. The molecule has 23 heavy (non-hydrogen) atoms. The lowest BCUT2D eigenvalue weighted by Crippen LogP contribution is -2.48. The minimum Gasteiger partial charge on any atom is -0.496 e. The Morgan fingerprint density at radius 1 is 1.22 bits per heavy atom. The quantitative estimate of drug-likeness (QED) is 0.892. The fourth-order valence-corrected chi connectivity index (χ4v) is 2.78. The van der Waals surface area contributed by atoms with E-state index in [1.165, 1.54) is 0 Å². The molecule has 120 valence electrons. The van der Waals surface area contributed by atoms with Crippen molar-refractivity contribution in [1.29, 1.82) is 0 Å². The molecule has 4 nitrogen and oxygen atoms in total. The van der Waals surface area contributed by atoms with E-state index < -0.39 is 0 Å². The second kappa shape index (κ2) is 6.84. The number of carbonyl (C=O) groups is 1. The minimum atomic E-state index is 0.0196. The number of benzene rings is 2. The van der Waals surface area contributed by atoms with Gasteiger partial charge >= 0.3 is 0 Å². The molecule has 2 aromatic carbocycles. The van der Waals surface area contributed by atoms with E-state index >= 15 is 0 Å². The predicted molar refractivity (Wildman–Crippen MR) is 92.6 cm³/mol. The number of rotatable bonds is 5. The standard InChI is InChI=1S/C19H22N2O2/c1-13(15-11-20-12-15)19(22)21-16-7-5-6-14(10-16)17-8-3-4-9-18(17)23-2/h3-10,13,15,20H,11-12H2,1-2H3,(H,21,22). The van der Waals surface area contributed by atoms with Crippen molar-refractivity contribution in [1.82, 2.24) is 5.32 Å². The highest BCUT2D eigenvalue weighted by Crippen LogP contribution is 2.31. The van der Waals surface area contributed by atoms with Crippen molar-refractivity contribution in [2.45, 2.75) is 6.92 Å². The summed E-state index contributed by atoms with van der Waals surface area (Å²) in [5.41, 5.74) is 2.86. The molecule has 1 heterocycles. The van der Waals surface area contributed by atoms with Crippen LogP contribution < -0.4 is 15.4 Å². The van der Waals surface area contributed by atoms with Gasteiger partial charge in [0.15, 0.2) is 0 Å². The van der Waals surface area contributed by atoms with E-state index in [2.05, 4.69) is 10.6 Å². The van der Waals surface area contributed by atoms with Crippen molar-refractivity contribution in [2.75, 3.05) is 25.5 Å². The van der Waals surface area contributed by atoms with Gasteiger partial charge in [0.1, 0.15) is 5.75 Å². The number of nitrogens with one attached hydrogen (secondary N) is 2. The number of para-hydroxylation sites is 1. The number of amides is 1. The Kier molecular flexibility index (Phi) is 4.63. The van der Waals surface area contributed by atoms with E-state index in [4.69, 9.17) is 4.74 Å². The van der Waals surface area contributed by atoms with Crippen molar-refractivity contribution in [3.8, 4) is 16.9 Å². The molecule has 1 atom stereocenters. The van der Waals surface area contributed by atoms with Crippen LogP contribution in [0, 0.1) is 11.8 Å². The van der Waals surface area contributed by atoms with Crippen LogP contribution in [0.2, 0.25) is 0 Å². The molecule has 1 unspecified atom stereocenters. The fourth-order valence-electron chi connectivity index (χ4n) is 2.78. The van der Waals surface area contributed by atoms with E-state index in [9.17, 15) is 4.79 Å². The van der Waals surface area contributed by atoms with Gasteiger partial charge < -0.3 is 15.4 Å². The fraction of sp³-hybridized carbons (Fsp3) is 0.316. The first kappa shape index (κ1) is 15.6. The van der Waals surface area contributed by atoms with Gasteiger partial charge in [0.2, 0.25) is 5.91 Å². The zero-order chi connectivity index (χ0) is 16.2. The van der Waals surface area contributed by atoms with Gasteiger partial charge in [-0.05, 0) is 42.8 Å². The first-order chi connectivity index (χ1) is 11.2. The first-order valence-electron chi connectivity index (χ1n) is 7.94. The van der Waals surface area contributed by atoms with Gasteiger partial charge in [0.25, 0.3) is 0 Å². The van der Waals surface area contributed by atoms with E-state index in [0.29, 0.717) is 5.92 Å². The Morgan fingerprint density at radius 3 is 2.70 bits per heavy atom. The summed E-state index contributed by atoms with van der Waals surface area (Å²) in [4.78, 5) is 12.4. The molecular weight excluding hydrogens is 288 g/mol. The highest BCUT2D eigenvalue weighted by atomic mass is 16.5. The number of carbonyl (C=O) groups excluding carboxylic acids is 1. The third-order valence-corrected chi connectivity index (χ3v) is 4.48. The smallest absolute Gasteiger partial charge is 0.227 e. The van der Waals surface area contributed by atoms with Crippen LogP contribution in [0.5, 0.6) is 5.75 Å². The zero-order valence-electron chi connectivity index (χ0n) is 13.5. The van der Waals surface area contributed by atoms with Crippen LogP contribution in [-0.2, 0) is 4.79 Å². The van der Waals surface area contributed by atoms with E-state index in [1.807, 2.05) is 55.5 Å². The van der Waals surface area contributed by atoms with Gasteiger partial charge in [-0.15, -0.1) is 0 Å². The SMILES string of the molecule is COc1ccccc1-c1cccc(NC(=O)C(C)C2CNC2)c1. The highest BCUT2D eigenvalue weighted by molar-refractivity contribution is 5.93. The van der Waals surface area contributed by atoms with Crippen molar-refractivity contribution < 1.29 is 9.53 Å². The summed E-state index contributed by atoms with van der Waals surface area (Å²) in [5, 5.41) is 6.24. The van der Waals surface area contributed by atoms with E-state index in [1.54, 1.807) is 7.11 Å². The van der Waals surface area contributed by atoms with Crippen LogP contribution in [0.1, 0.15) is 6.92 Å². The summed E-state index contributed by atoms with van der Waals surface area (Å²) in [6.45, 7) is 3.84. The maximum Gasteiger partial charge on any atom is 0.227 e. The first-order valence-corrected chi connectivity index (χ1v) is 7.94. The second-order valence-corrected chi connectivity index (χ2v) is 5.98. The largest absolute Gasteiger partial charge is 0.496 e. The highest BCUT2D eigenvalue weighted by Gasteiger charge is 2.28. The van der Waals surface area contributed by atoms with Crippen molar-refractivity contribution >= 4 is 11.6 Å². The molecule has 0 aromatic heterocycles. The molecule has 1 aliphatic rings. The summed E-state index contributed by atoms with van der Waals surface area (Å²) in [6, 6.07) is 15.8. The molecule has 0 spiro atoms. The lowest BCUT2D eigenvalue weighted by molar-refractivity contribution is -0.121. The Hall–Kier alpha value is -2.33. The van der Waals surface area contributed by atoms with Gasteiger partial charge in [0.05, 0.1) is 7.11 Å². The second-order valence-electron chi connectivity index (χ2n) is 5.98. The number of hydrogen-bond acceptors (Lipinski definition) is 3. The summed E-state index contributed by atoms with van der Waals surface area (Å²) in [6.07, 6.45) is 0. The number of anilines is 1. The van der Waals surface area contributed by atoms with Crippen LogP contribution in [0.4, 0.5) is 5.69 Å². The Labute approximate surface area is 136 Å². The average Bonchev–Trinajstić information content (AvgIpc) is 2.53. The van der Waals surface area contributed by atoms with Gasteiger partial charge in [-0.2, -0.15) is 0 Å². The number of methoxy groups -OCH3 is 1. The van der Waals surface area contributed by atoms with Crippen LogP contribution >= 0.6 is 0 Å². The minimum absolute atomic E-state index is 0.0196. The molecule has 1 amide bonds. The maximum atomic E-state index is 12.4. The molecule has 1 aliphatic heterocycles. The van der Waals surface area contributed by atoms with Crippen LogP contribution in [0.3, 0.4) is 0 Å². The zero-order valence-corrected chi connectivity index (χ0v) is 13.5. The summed E-state index contributed by atoms with van der Waals surface area (Å²) in [7, 11) is 1.67. The molecule has 3 rings (SSSR count). The van der Waals surface area contributed by atoms with E-state index in [-0.39, 0.29) is 11.8 Å². The predicted octanol–water partition coefficient (Wildman–Crippen LogP) is 3.16. The lowest BCUT2D eigenvalue weighted by atomic mass is 9.88. The molecule has 0 bridgehead atoms. The monoisotopic (exact) mass is 310 g/mol. The van der Waals surface area contributed by atoms with Gasteiger partial charge in [-0.3, -0.25) is 4.79 Å². The molecule has 0 aliphatic carbocycles. The van der Waals surface area contributed by atoms with Crippen LogP contribution in [-0.4, -0.2) is 26.1 Å². The Bertz CT molecular complexity index is 695. The van der Waals surface area contributed by atoms with Crippen molar-refractivity contribution in [3.63, 3.8) is 0 Å². The topological polar surface area (TPSA) is 50.4 Å². The van der Waals surface area contributed by atoms with Gasteiger partial charge in [0, 0.05) is 17.2 Å². The summed E-state index contributed by atoms with van der Waals surface area (Å²) >= 11 is 0. The maximum absolute atomic E-state index is 12.4. The molecule has 4 heteroatoms. The normalized spacial score (nSPS) is 15.6. The number of hydrogen-bond donors (Lipinski definition) is 2. The Balaban J connectivity index is 1.78. The van der Waals surface area contributed by atoms with Crippen LogP contribution in [0.25, 0.3) is 11.1 Å². The average molecular weight is 310 g/mol. The lowest BCUT2D eigenvalue weighted by Gasteiger charge is -2.31. The summed E-state index contributed by atoms with van der Waals surface area (Å²) in [5.74, 6) is 1.36.